The molecule has 0 aliphatic heterocycles. The van der Waals surface area contributed by atoms with Gasteiger partial charge in [-0.3, -0.25) is 9.78 Å². The summed E-state index contributed by atoms with van der Waals surface area (Å²) >= 11 is 0. The third-order valence-electron chi connectivity index (χ3n) is 4.99. The number of aryl methyl sites for hydroxylation is 2. The van der Waals surface area contributed by atoms with Gasteiger partial charge in [0, 0.05) is 23.3 Å². The predicted octanol–water partition coefficient (Wildman–Crippen LogP) is 6.37. The first kappa shape index (κ1) is 22.7. The van der Waals surface area contributed by atoms with E-state index in [2.05, 4.69) is 9.72 Å². The first-order valence-corrected chi connectivity index (χ1v) is 10.0. The number of carbonyl (C=O) groups excluding carboxylic acids is 1. The van der Waals surface area contributed by atoms with Crippen LogP contribution in [-0.2, 0) is 0 Å². The molecule has 0 atom stereocenters. The Balaban J connectivity index is 0.000000269. The van der Waals surface area contributed by atoms with Crippen LogP contribution in [0.25, 0.3) is 22.9 Å². The van der Waals surface area contributed by atoms with Crippen molar-refractivity contribution in [2.45, 2.75) is 13.8 Å². The van der Waals surface area contributed by atoms with E-state index in [-0.39, 0.29) is 11.6 Å². The second-order valence-electron chi connectivity index (χ2n) is 7.29. The van der Waals surface area contributed by atoms with Crippen LogP contribution in [0.2, 0.25) is 0 Å². The van der Waals surface area contributed by atoms with Crippen LogP contribution in [0.15, 0.2) is 67.0 Å². The van der Waals surface area contributed by atoms with E-state index in [1.807, 2.05) is 56.3 Å². The fourth-order valence-electron chi connectivity index (χ4n) is 3.30. The molecule has 0 fully saturated rings. The zero-order chi connectivity index (χ0) is 23.1. The number of aromatic hydroxyl groups is 1. The van der Waals surface area contributed by atoms with E-state index >= 15 is 0 Å². The van der Waals surface area contributed by atoms with Crippen LogP contribution in [0.5, 0.6) is 11.5 Å². The molecule has 1 N–H and O–H groups in total. The predicted molar refractivity (Wildman–Crippen MR) is 127 cm³/mol. The third-order valence-corrected chi connectivity index (χ3v) is 4.99. The smallest absolute Gasteiger partial charge is 0.165 e. The number of aldehydes is 1. The zero-order valence-corrected chi connectivity index (χ0v) is 18.2. The van der Waals surface area contributed by atoms with Crippen molar-refractivity contribution in [3.05, 3.63) is 101 Å². The quantitative estimate of drug-likeness (QED) is 0.302. The van der Waals surface area contributed by atoms with Gasteiger partial charge in [0.1, 0.15) is 5.75 Å². The van der Waals surface area contributed by atoms with E-state index in [9.17, 15) is 14.3 Å². The molecule has 1 aromatic heterocycles. The van der Waals surface area contributed by atoms with E-state index < -0.39 is 0 Å². The lowest BCUT2D eigenvalue weighted by atomic mass is 10.0. The van der Waals surface area contributed by atoms with Crippen molar-refractivity contribution in [3.63, 3.8) is 0 Å². The highest BCUT2D eigenvalue weighted by Gasteiger charge is 2.04. The molecule has 3 aromatic carbocycles. The molecule has 32 heavy (non-hydrogen) atoms. The van der Waals surface area contributed by atoms with E-state index in [0.717, 1.165) is 39.3 Å². The number of phenols is 1. The van der Waals surface area contributed by atoms with Crippen LogP contribution in [-0.4, -0.2) is 23.5 Å². The lowest BCUT2D eigenvalue weighted by Gasteiger charge is -2.06. The van der Waals surface area contributed by atoms with Gasteiger partial charge in [-0.25, -0.2) is 4.39 Å². The SMILES string of the molecule is COc1ccccc1F.Cc1cc(/C=C/c2cc3cnccc3cc2C=O)cc(C)c1O. The maximum atomic E-state index is 12.5. The van der Waals surface area contributed by atoms with Crippen molar-refractivity contribution in [2.24, 2.45) is 0 Å². The lowest BCUT2D eigenvalue weighted by Crippen LogP contribution is -1.88. The third kappa shape index (κ3) is 5.38. The lowest BCUT2D eigenvalue weighted by molar-refractivity contribution is 0.112. The van der Waals surface area contributed by atoms with Gasteiger partial charge in [-0.15, -0.1) is 0 Å². The number of carbonyl (C=O) groups is 1. The zero-order valence-electron chi connectivity index (χ0n) is 18.2. The van der Waals surface area contributed by atoms with Crippen LogP contribution in [0.3, 0.4) is 0 Å². The van der Waals surface area contributed by atoms with Crippen molar-refractivity contribution >= 4 is 29.2 Å². The Bertz CT molecular complexity index is 1260. The molecule has 0 saturated carbocycles. The average molecular weight is 429 g/mol. The molecule has 4 nitrogen and oxygen atoms in total. The van der Waals surface area contributed by atoms with E-state index in [1.54, 1.807) is 30.6 Å². The normalized spacial score (nSPS) is 10.6. The molecule has 0 aliphatic carbocycles. The van der Waals surface area contributed by atoms with Crippen molar-refractivity contribution in [2.75, 3.05) is 7.11 Å². The molecule has 0 aliphatic rings. The summed E-state index contributed by atoms with van der Waals surface area (Å²) in [5, 5.41) is 11.8. The molecule has 0 amide bonds. The summed E-state index contributed by atoms with van der Waals surface area (Å²) in [5.74, 6) is 0.296. The molecule has 5 heteroatoms. The van der Waals surface area contributed by atoms with E-state index in [0.29, 0.717) is 11.3 Å². The Kier molecular flexibility index (Phi) is 7.34. The summed E-state index contributed by atoms with van der Waals surface area (Å²) in [4.78, 5) is 15.5. The number of pyridine rings is 1. The Hall–Kier alpha value is -3.99. The van der Waals surface area contributed by atoms with Gasteiger partial charge in [-0.2, -0.15) is 0 Å². The van der Waals surface area contributed by atoms with Crippen LogP contribution in [0.4, 0.5) is 4.39 Å². The molecule has 0 spiro atoms. The van der Waals surface area contributed by atoms with Gasteiger partial charge in [0.25, 0.3) is 0 Å². The van der Waals surface area contributed by atoms with Gasteiger partial charge in [0.15, 0.2) is 17.9 Å². The highest BCUT2D eigenvalue weighted by molar-refractivity contribution is 5.94. The summed E-state index contributed by atoms with van der Waals surface area (Å²) in [6, 6.07) is 15.8. The first-order chi connectivity index (χ1) is 15.4. The number of methoxy groups -OCH3 is 1. The maximum absolute atomic E-state index is 12.5. The van der Waals surface area contributed by atoms with Crippen molar-refractivity contribution in [1.29, 1.82) is 0 Å². The number of phenolic OH excluding ortho intramolecular Hbond substituents is 1. The number of hydrogen-bond acceptors (Lipinski definition) is 4. The fourth-order valence-corrected chi connectivity index (χ4v) is 3.30. The van der Waals surface area contributed by atoms with Crippen LogP contribution < -0.4 is 4.74 Å². The van der Waals surface area contributed by atoms with Crippen molar-refractivity contribution in [3.8, 4) is 11.5 Å². The standard InChI is InChI=1S/C20H17NO2.C7H7FO/c1-13-7-15(8-14(2)20(13)23)3-4-16-9-18-11-21-6-5-17(18)10-19(16)12-22;1-9-7-5-3-2-4-6(7)8/h3-12,23H,1-2H3;2-5H,1H3/b4-3+;. The molecule has 1 heterocycles. The second kappa shape index (κ2) is 10.4. The molecule has 162 valence electrons. The molecule has 4 rings (SSSR count). The summed E-state index contributed by atoms with van der Waals surface area (Å²) in [6.45, 7) is 3.75. The Morgan fingerprint density at radius 1 is 0.938 bits per heavy atom. The topological polar surface area (TPSA) is 59.4 Å². The number of halogens is 1. The molecule has 0 saturated heterocycles. The highest BCUT2D eigenvalue weighted by Crippen LogP contribution is 2.25. The number of aromatic nitrogens is 1. The first-order valence-electron chi connectivity index (χ1n) is 10.0. The summed E-state index contributed by atoms with van der Waals surface area (Å²) < 4.78 is 17.1. The summed E-state index contributed by atoms with van der Waals surface area (Å²) in [7, 11) is 1.44. The second-order valence-corrected chi connectivity index (χ2v) is 7.29. The minimum absolute atomic E-state index is 0.289. The molecule has 0 bridgehead atoms. The number of nitrogens with zero attached hydrogens (tertiary/aromatic N) is 1. The number of rotatable bonds is 4. The van der Waals surface area contributed by atoms with Gasteiger partial charge in [-0.1, -0.05) is 24.3 Å². The minimum Gasteiger partial charge on any atom is -0.507 e. The minimum atomic E-state index is -0.319. The average Bonchev–Trinajstić information content (AvgIpc) is 2.81. The van der Waals surface area contributed by atoms with Crippen molar-refractivity contribution < 1.29 is 19.0 Å². The van der Waals surface area contributed by atoms with Crippen molar-refractivity contribution in [1.82, 2.24) is 4.98 Å². The fraction of sp³-hybridized carbons (Fsp3) is 0.111. The number of fused-ring (bicyclic) bond motifs is 1. The molecule has 0 unspecified atom stereocenters. The van der Waals surface area contributed by atoms with Gasteiger partial charge in [-0.05, 0) is 84.0 Å². The monoisotopic (exact) mass is 429 g/mol. The summed E-state index contributed by atoms with van der Waals surface area (Å²) in [6.07, 6.45) is 8.24. The molecule has 0 radical (unpaired) electrons. The number of ether oxygens (including phenoxy) is 1. The highest BCUT2D eigenvalue weighted by atomic mass is 19.1. The van der Waals surface area contributed by atoms with E-state index in [4.69, 9.17) is 0 Å². The van der Waals surface area contributed by atoms with Crippen LogP contribution in [0.1, 0.15) is 32.6 Å². The van der Waals surface area contributed by atoms with Crippen LogP contribution in [0, 0.1) is 19.7 Å². The van der Waals surface area contributed by atoms with Gasteiger partial charge in [0.2, 0.25) is 0 Å². The molecular weight excluding hydrogens is 405 g/mol. The number of hydrogen-bond donors (Lipinski definition) is 1. The number of benzene rings is 3. The summed E-state index contributed by atoms with van der Waals surface area (Å²) in [5.41, 5.74) is 4.16. The van der Waals surface area contributed by atoms with Gasteiger partial charge < -0.3 is 9.84 Å². The Morgan fingerprint density at radius 2 is 1.62 bits per heavy atom. The Morgan fingerprint density at radius 3 is 2.25 bits per heavy atom. The molecular formula is C27H24FNO3. The Labute approximate surface area is 186 Å². The largest absolute Gasteiger partial charge is 0.507 e. The maximum Gasteiger partial charge on any atom is 0.165 e. The van der Waals surface area contributed by atoms with Crippen LogP contribution >= 0.6 is 0 Å². The van der Waals surface area contributed by atoms with Gasteiger partial charge in [0.05, 0.1) is 7.11 Å². The van der Waals surface area contributed by atoms with E-state index in [1.165, 1.54) is 13.2 Å². The molecule has 4 aromatic rings. The van der Waals surface area contributed by atoms with Gasteiger partial charge >= 0.3 is 0 Å². The number of para-hydroxylation sites is 1.